The van der Waals surface area contributed by atoms with Gasteiger partial charge in [-0.05, 0) is 105 Å². The van der Waals surface area contributed by atoms with Crippen LogP contribution in [0.3, 0.4) is 0 Å². The summed E-state index contributed by atoms with van der Waals surface area (Å²) in [5.41, 5.74) is -2.83. The lowest BCUT2D eigenvalue weighted by Crippen LogP contribution is -2.74. The van der Waals surface area contributed by atoms with Crippen molar-refractivity contribution in [2.45, 2.75) is 309 Å². The Morgan fingerprint density at radius 1 is 0.469 bits per heavy atom. The molecule has 12 fully saturated rings. The number of hydrogen-bond donors (Lipinski definition) is 17. The van der Waals surface area contributed by atoms with Crippen molar-refractivity contribution in [2.24, 2.45) is 50.2 Å². The molecule has 32 nitrogen and oxygen atoms in total. The van der Waals surface area contributed by atoms with Gasteiger partial charge in [-0.2, -0.15) is 0 Å². The van der Waals surface area contributed by atoms with E-state index >= 15 is 0 Å². The average molecular weight is 1410 g/mol. The molecule has 1 spiro atoms. The Morgan fingerprint density at radius 2 is 1.02 bits per heavy atom. The van der Waals surface area contributed by atoms with Crippen LogP contribution in [0.2, 0.25) is 0 Å². The number of fused-ring (bicyclic) bond motifs is 4. The van der Waals surface area contributed by atoms with Crippen LogP contribution in [0.5, 0.6) is 0 Å². The molecule has 2 bridgehead atoms. The van der Waals surface area contributed by atoms with Crippen LogP contribution in [-0.2, 0) is 71.1 Å². The van der Waals surface area contributed by atoms with Gasteiger partial charge in [0.25, 0.3) is 0 Å². The van der Waals surface area contributed by atoms with Crippen LogP contribution in [0, 0.1) is 50.2 Å². The minimum absolute atomic E-state index is 0.0317. The molecule has 0 aromatic carbocycles. The molecule has 7 heterocycles. The van der Waals surface area contributed by atoms with Gasteiger partial charge in [-0.3, -0.25) is 4.79 Å². The van der Waals surface area contributed by atoms with Gasteiger partial charge in [0.2, 0.25) is 0 Å². The Hall–Kier alpha value is -1.73. The van der Waals surface area contributed by atoms with Gasteiger partial charge in [0.1, 0.15) is 128 Å². The first-order valence-corrected chi connectivity index (χ1v) is 35.0. The van der Waals surface area contributed by atoms with Crippen molar-refractivity contribution in [3.05, 3.63) is 0 Å². The zero-order valence-corrected chi connectivity index (χ0v) is 56.8. The van der Waals surface area contributed by atoms with E-state index in [2.05, 4.69) is 41.5 Å². The maximum absolute atomic E-state index is 12.9. The molecule has 0 radical (unpaired) electrons. The molecule has 12 aliphatic rings. The number of ether oxygens (including phenoxy) is 14. The molecule has 17 N–H and O–H groups in total. The highest BCUT2D eigenvalue weighted by Crippen LogP contribution is 2.81. The Labute approximate surface area is 568 Å². The third-order valence-electron chi connectivity index (χ3n) is 26.5. The second-order valence-electron chi connectivity index (χ2n) is 32.2. The first-order valence-electron chi connectivity index (χ1n) is 35.0. The highest BCUT2D eigenvalue weighted by molar-refractivity contribution is 5.65. The molecule has 0 aromatic heterocycles. The number of esters is 1. The molecule has 32 heteroatoms. The molecular weight excluding hydrogens is 1300 g/mol. The fourth-order valence-electron chi connectivity index (χ4n) is 20.6. The molecular formula is C66H108O32. The van der Waals surface area contributed by atoms with Gasteiger partial charge in [0.05, 0.1) is 70.2 Å². The number of rotatable bonds is 17. The van der Waals surface area contributed by atoms with Crippen molar-refractivity contribution in [3.63, 3.8) is 0 Å². The van der Waals surface area contributed by atoms with E-state index in [0.717, 1.165) is 44.9 Å². The summed E-state index contributed by atoms with van der Waals surface area (Å²) in [5, 5.41) is 189. The molecule has 12 rings (SSSR count). The molecule has 5 aliphatic carbocycles. The third kappa shape index (κ3) is 12.5. The van der Waals surface area contributed by atoms with E-state index in [4.69, 9.17) is 66.3 Å². The van der Waals surface area contributed by atoms with Crippen LogP contribution in [0.4, 0.5) is 0 Å². The number of aliphatic hydroxyl groups is 17. The monoisotopic (exact) mass is 1410 g/mol. The second kappa shape index (κ2) is 28.2. The van der Waals surface area contributed by atoms with Crippen molar-refractivity contribution in [1.82, 2.24) is 0 Å². The van der Waals surface area contributed by atoms with Crippen LogP contribution in [0.1, 0.15) is 120 Å². The molecule has 7 saturated heterocycles. The van der Waals surface area contributed by atoms with E-state index in [-0.39, 0.29) is 40.0 Å². The molecule has 39 atom stereocenters. The first-order chi connectivity index (χ1) is 46.1. The van der Waals surface area contributed by atoms with Crippen molar-refractivity contribution in [3.8, 4) is 0 Å². The fraction of sp³-hybridized carbons (Fsp3) is 0.985. The SMILES string of the molecule is CC(=O)OC[C@@]1(C)CC[C@]23CO[C@@]4(CCC5[C@@]6(C)CC[C@H](O[C@@H]7OC[C@H](O[C@@H]8O[C@H](CO)[C@@H](O)[C@H](O[C@@H]9O[C@@H](C)[C@H](O)[C@@H](O)[C@H]9O)[C@H]8O[C@@H]8OC[C@@H](O)[C@H](O[C@@H]9O[C@H](CO)[C@@H](O)[C@H](O)[C@H]9O)[C@H]8O)[C@H](O)[C@H]7O[C@@H]7O[C@H](CO)[C@@H](O)[C@H](O)[C@H]7O)C(C)(C)C6CC[C@@]5(C)[C@]4(C)C[C@H]2O)[C@@H]3C1. The molecule has 0 aromatic rings. The predicted molar refractivity (Wildman–Crippen MR) is 325 cm³/mol. The summed E-state index contributed by atoms with van der Waals surface area (Å²) in [5.74, 6) is -0.0580. The molecule has 5 saturated carbocycles. The number of carbonyl (C=O) groups is 1. The summed E-state index contributed by atoms with van der Waals surface area (Å²) >= 11 is 0. The van der Waals surface area contributed by atoms with Crippen LogP contribution in [0.15, 0.2) is 0 Å². The van der Waals surface area contributed by atoms with Crippen molar-refractivity contribution < 1.29 is 158 Å². The highest BCUT2D eigenvalue weighted by atomic mass is 16.8. The average Bonchev–Trinajstić information content (AvgIpc) is 1.29. The maximum Gasteiger partial charge on any atom is 0.302 e. The Morgan fingerprint density at radius 3 is 1.64 bits per heavy atom. The molecule has 7 aliphatic heterocycles. The van der Waals surface area contributed by atoms with Gasteiger partial charge in [0.15, 0.2) is 37.7 Å². The lowest BCUT2D eigenvalue weighted by molar-refractivity contribution is -0.407. The van der Waals surface area contributed by atoms with Gasteiger partial charge < -0.3 is 153 Å². The largest absolute Gasteiger partial charge is 0.465 e. The lowest BCUT2D eigenvalue weighted by Gasteiger charge is -2.75. The van der Waals surface area contributed by atoms with Crippen LogP contribution in [0.25, 0.3) is 0 Å². The van der Waals surface area contributed by atoms with E-state index in [9.17, 15) is 91.6 Å². The molecule has 2 unspecified atom stereocenters. The van der Waals surface area contributed by atoms with Gasteiger partial charge in [-0.25, -0.2) is 0 Å². The number of carbonyl (C=O) groups excluding carboxylic acids is 1. The van der Waals surface area contributed by atoms with Gasteiger partial charge in [-0.15, -0.1) is 0 Å². The highest BCUT2D eigenvalue weighted by Gasteiger charge is 2.80. The van der Waals surface area contributed by atoms with Crippen molar-refractivity contribution in [2.75, 3.05) is 46.2 Å². The summed E-state index contributed by atoms with van der Waals surface area (Å²) in [7, 11) is 0. The molecule has 98 heavy (non-hydrogen) atoms. The third-order valence-corrected chi connectivity index (χ3v) is 26.5. The standard InChI is InChI=1S/C66H108O32/c1-26-38(73)43(78)46(81)55(89-26)96-51-41(76)31(21-69)92-59(53(51)98-54-49(84)50(28(71)22-85-54)95-56-47(82)44(79)39(74)29(19-67)90-56)93-32-23-86-58(52(42(32)77)97-57-48(83)45(80)40(75)30(20-68)91-57)94-37-11-12-62(6)33(60(37,3)4)9-13-63(7)34(62)10-14-66-35-17-61(5,24-87-27(2)70)15-16-65(35,25-88-66)36(72)18-64(63,66)8/h26,28-59,67-69,71-84H,9-25H2,1-8H3/t26-,28+,29+,30+,31+,32-,33?,34?,35+,36+,37-,38-,39+,40+,41+,42-,43+,44-,45-,46+,47+,48+,49+,50-,51-,52+,53+,54-,55-,56-,57-,58-,59-,61-,62-,63+,64-,65+,66-/m0/s1. The van der Waals surface area contributed by atoms with E-state index < -0.39 is 239 Å². The topological polar surface area (TPSA) is 490 Å². The lowest BCUT2D eigenvalue weighted by atomic mass is 9.30. The normalized spacial score (nSPS) is 56.3. The van der Waals surface area contributed by atoms with Crippen LogP contribution >= 0.6 is 0 Å². The first kappa shape index (κ1) is 75.9. The predicted octanol–water partition coefficient (Wildman–Crippen LogP) is -4.85. The minimum Gasteiger partial charge on any atom is -0.465 e. The molecule has 0 amide bonds. The van der Waals surface area contributed by atoms with E-state index in [1.165, 1.54) is 13.8 Å². The van der Waals surface area contributed by atoms with Gasteiger partial charge in [0, 0.05) is 23.2 Å². The summed E-state index contributed by atoms with van der Waals surface area (Å²) in [6.07, 6.45) is -44.8. The quantitative estimate of drug-likeness (QED) is 0.0480. The van der Waals surface area contributed by atoms with E-state index in [1.807, 2.05) is 0 Å². The zero-order chi connectivity index (χ0) is 71.1. The fourth-order valence-corrected chi connectivity index (χ4v) is 20.6. The number of aliphatic hydroxyl groups excluding tert-OH is 17. The number of hydrogen-bond acceptors (Lipinski definition) is 32. The maximum atomic E-state index is 12.9. The summed E-state index contributed by atoms with van der Waals surface area (Å²) < 4.78 is 86.9. The zero-order valence-electron chi connectivity index (χ0n) is 56.8. The van der Waals surface area contributed by atoms with Crippen molar-refractivity contribution in [1.29, 1.82) is 0 Å². The van der Waals surface area contributed by atoms with Crippen molar-refractivity contribution >= 4 is 5.97 Å². The second-order valence-corrected chi connectivity index (χ2v) is 32.2. The Kier molecular flexibility index (Phi) is 21.9. The van der Waals surface area contributed by atoms with Crippen LogP contribution < -0.4 is 0 Å². The van der Waals surface area contributed by atoms with Crippen LogP contribution in [-0.4, -0.2) is 329 Å². The smallest absolute Gasteiger partial charge is 0.302 e. The van der Waals surface area contributed by atoms with Gasteiger partial charge in [-0.1, -0.05) is 41.5 Å². The van der Waals surface area contributed by atoms with E-state index in [0.29, 0.717) is 32.5 Å². The Bertz CT molecular complexity index is 2740. The van der Waals surface area contributed by atoms with Gasteiger partial charge >= 0.3 is 5.97 Å². The summed E-state index contributed by atoms with van der Waals surface area (Å²) in [6, 6.07) is 0. The molecule has 564 valence electrons. The minimum atomic E-state index is -2.12. The Balaban J connectivity index is 0.818. The van der Waals surface area contributed by atoms with E-state index in [1.54, 1.807) is 0 Å². The summed E-state index contributed by atoms with van der Waals surface area (Å²) in [6.45, 7) is 13.2. The summed E-state index contributed by atoms with van der Waals surface area (Å²) in [4.78, 5) is 12.1.